The first kappa shape index (κ1) is 14.7. The number of carbonyl (C=O) groups excluding carboxylic acids is 1. The lowest BCUT2D eigenvalue weighted by atomic mass is 10.1. The summed E-state index contributed by atoms with van der Waals surface area (Å²) in [6, 6.07) is 7.71. The van der Waals surface area contributed by atoms with E-state index in [2.05, 4.69) is 25.8 Å². The second-order valence-electron chi connectivity index (χ2n) is 4.94. The number of hydrogen-bond donors (Lipinski definition) is 2. The molecule has 0 unspecified atom stereocenters. The number of anilines is 1. The average molecular weight is 313 g/mol. The maximum Gasteiger partial charge on any atom is 0.282 e. The molecule has 0 saturated heterocycles. The second kappa shape index (κ2) is 5.87. The molecule has 9 heteroatoms. The largest absolute Gasteiger partial charge is 0.382 e. The Morgan fingerprint density at radius 2 is 2.09 bits per heavy atom. The van der Waals surface area contributed by atoms with Gasteiger partial charge in [0.25, 0.3) is 5.89 Å². The topological polar surface area (TPSA) is 125 Å². The van der Waals surface area contributed by atoms with Gasteiger partial charge in [0, 0.05) is 12.6 Å². The van der Waals surface area contributed by atoms with Gasteiger partial charge in [-0.05, 0) is 6.92 Å². The van der Waals surface area contributed by atoms with Crippen LogP contribution in [0, 0.1) is 6.92 Å². The van der Waals surface area contributed by atoms with Gasteiger partial charge in [-0.2, -0.15) is 4.98 Å². The average Bonchev–Trinajstić information content (AvgIpc) is 3.16. The van der Waals surface area contributed by atoms with E-state index in [1.165, 1.54) is 11.7 Å². The van der Waals surface area contributed by atoms with Crippen LogP contribution in [0.1, 0.15) is 5.56 Å². The van der Waals surface area contributed by atoms with E-state index < -0.39 is 0 Å². The molecule has 1 amide bonds. The molecule has 0 saturated carbocycles. The quantitative estimate of drug-likeness (QED) is 0.723. The Hall–Kier alpha value is -3.23. The lowest BCUT2D eigenvalue weighted by Gasteiger charge is -2.00. The highest BCUT2D eigenvalue weighted by Gasteiger charge is 2.19. The van der Waals surface area contributed by atoms with Crippen LogP contribution < -0.4 is 11.1 Å². The maximum absolute atomic E-state index is 11.4. The van der Waals surface area contributed by atoms with Gasteiger partial charge in [-0.15, -0.1) is 5.10 Å². The number of nitrogens with two attached hydrogens (primary N) is 1. The number of hydrogen-bond acceptors (Lipinski definition) is 7. The summed E-state index contributed by atoms with van der Waals surface area (Å²) in [6.07, 6.45) is 0. The monoisotopic (exact) mass is 313 g/mol. The van der Waals surface area contributed by atoms with Crippen molar-refractivity contribution in [2.45, 2.75) is 13.5 Å². The molecule has 0 spiro atoms. The zero-order chi connectivity index (χ0) is 16.4. The number of nitrogens with zero attached hydrogens (tertiary/aromatic N) is 5. The molecule has 9 nitrogen and oxygen atoms in total. The predicted molar refractivity (Wildman–Crippen MR) is 82.0 cm³/mol. The zero-order valence-corrected chi connectivity index (χ0v) is 12.6. The van der Waals surface area contributed by atoms with Gasteiger partial charge < -0.3 is 15.6 Å². The Morgan fingerprint density at radius 3 is 2.78 bits per heavy atom. The van der Waals surface area contributed by atoms with E-state index in [-0.39, 0.29) is 29.9 Å². The van der Waals surface area contributed by atoms with Crippen LogP contribution in [0.25, 0.3) is 23.0 Å². The highest BCUT2D eigenvalue weighted by atomic mass is 16.5. The number of aromatic nitrogens is 5. The maximum atomic E-state index is 11.4. The number of benzene rings is 1. The SMILES string of the molecule is CNC(=O)Cn1nnc(-c2nc(-c3ccc(C)cc3)no2)c1N. The van der Waals surface area contributed by atoms with Crippen molar-refractivity contribution in [3.63, 3.8) is 0 Å². The van der Waals surface area contributed by atoms with Crippen molar-refractivity contribution in [3.8, 4) is 23.0 Å². The van der Waals surface area contributed by atoms with Crippen LogP contribution >= 0.6 is 0 Å². The van der Waals surface area contributed by atoms with Crippen LogP contribution in [0.2, 0.25) is 0 Å². The van der Waals surface area contributed by atoms with E-state index in [1.807, 2.05) is 31.2 Å². The Labute approximate surface area is 131 Å². The molecule has 0 fully saturated rings. The predicted octanol–water partition coefficient (Wildman–Crippen LogP) is 0.632. The van der Waals surface area contributed by atoms with Gasteiger partial charge in [-0.25, -0.2) is 4.68 Å². The van der Waals surface area contributed by atoms with E-state index in [4.69, 9.17) is 10.3 Å². The Morgan fingerprint density at radius 1 is 1.35 bits per heavy atom. The summed E-state index contributed by atoms with van der Waals surface area (Å²) in [5, 5.41) is 14.1. The van der Waals surface area contributed by atoms with Crippen LogP contribution in [-0.4, -0.2) is 38.1 Å². The van der Waals surface area contributed by atoms with E-state index in [0.29, 0.717) is 5.82 Å². The molecule has 2 heterocycles. The van der Waals surface area contributed by atoms with Gasteiger partial charge in [0.15, 0.2) is 11.5 Å². The van der Waals surface area contributed by atoms with Gasteiger partial charge >= 0.3 is 0 Å². The van der Waals surface area contributed by atoms with Gasteiger partial charge in [0.05, 0.1) is 0 Å². The smallest absolute Gasteiger partial charge is 0.282 e. The standard InChI is InChI=1S/C14H15N7O2/c1-8-3-5-9(6-4-8)13-17-14(23-19-13)11-12(15)21(20-18-11)7-10(22)16-2/h3-6H,7,15H2,1-2H3,(H,16,22). The molecule has 118 valence electrons. The Balaban J connectivity index is 1.89. The summed E-state index contributed by atoms with van der Waals surface area (Å²) in [5.74, 6) is 0.535. The van der Waals surface area contributed by atoms with Gasteiger partial charge in [0.2, 0.25) is 11.7 Å². The molecule has 0 atom stereocenters. The van der Waals surface area contributed by atoms with Crippen molar-refractivity contribution in [1.29, 1.82) is 0 Å². The summed E-state index contributed by atoms with van der Waals surface area (Å²) in [7, 11) is 1.53. The first-order chi connectivity index (χ1) is 11.1. The summed E-state index contributed by atoms with van der Waals surface area (Å²) in [6.45, 7) is 1.96. The third-order valence-corrected chi connectivity index (χ3v) is 3.28. The number of likely N-dealkylation sites (N-methyl/N-ethyl adjacent to an activating group) is 1. The first-order valence-corrected chi connectivity index (χ1v) is 6.89. The molecule has 0 radical (unpaired) electrons. The minimum atomic E-state index is -0.237. The number of carbonyl (C=O) groups is 1. The second-order valence-corrected chi connectivity index (χ2v) is 4.94. The molecule has 0 aliphatic rings. The van der Waals surface area contributed by atoms with Crippen LogP contribution in [0.4, 0.5) is 5.82 Å². The highest BCUT2D eigenvalue weighted by Crippen LogP contribution is 2.24. The molecule has 3 rings (SSSR count). The van der Waals surface area contributed by atoms with Crippen molar-refractivity contribution in [1.82, 2.24) is 30.5 Å². The van der Waals surface area contributed by atoms with E-state index in [0.717, 1.165) is 11.1 Å². The third-order valence-electron chi connectivity index (χ3n) is 3.28. The normalized spacial score (nSPS) is 10.7. The first-order valence-electron chi connectivity index (χ1n) is 6.89. The summed E-state index contributed by atoms with van der Waals surface area (Å²) in [4.78, 5) is 15.7. The molecule has 2 aromatic heterocycles. The van der Waals surface area contributed by atoms with Crippen LogP contribution in [0.15, 0.2) is 28.8 Å². The van der Waals surface area contributed by atoms with Gasteiger partial charge in [0.1, 0.15) is 6.54 Å². The molecule has 0 bridgehead atoms. The Kier molecular flexibility index (Phi) is 3.75. The minimum Gasteiger partial charge on any atom is -0.382 e. The number of aryl methyl sites for hydroxylation is 1. The van der Waals surface area contributed by atoms with E-state index >= 15 is 0 Å². The van der Waals surface area contributed by atoms with Crippen molar-refractivity contribution in [2.75, 3.05) is 12.8 Å². The highest BCUT2D eigenvalue weighted by molar-refractivity contribution is 5.76. The van der Waals surface area contributed by atoms with Crippen molar-refractivity contribution in [3.05, 3.63) is 29.8 Å². The number of nitrogen functional groups attached to an aromatic ring is 1. The van der Waals surface area contributed by atoms with E-state index in [9.17, 15) is 4.79 Å². The van der Waals surface area contributed by atoms with Gasteiger partial charge in [-0.1, -0.05) is 40.2 Å². The van der Waals surface area contributed by atoms with Crippen molar-refractivity contribution < 1.29 is 9.32 Å². The molecule has 1 aromatic carbocycles. The molecule has 23 heavy (non-hydrogen) atoms. The summed E-state index contributed by atoms with van der Waals surface area (Å²) < 4.78 is 6.47. The van der Waals surface area contributed by atoms with Crippen LogP contribution in [0.3, 0.4) is 0 Å². The molecule has 3 aromatic rings. The Bertz CT molecular complexity index is 835. The molecular formula is C14H15N7O2. The zero-order valence-electron chi connectivity index (χ0n) is 12.6. The third kappa shape index (κ3) is 2.89. The number of rotatable bonds is 4. The summed E-state index contributed by atoms with van der Waals surface area (Å²) in [5.41, 5.74) is 8.15. The minimum absolute atomic E-state index is 0.0334. The lowest BCUT2D eigenvalue weighted by molar-refractivity contribution is -0.121. The lowest BCUT2D eigenvalue weighted by Crippen LogP contribution is -2.24. The fourth-order valence-corrected chi connectivity index (χ4v) is 1.94. The molecule has 3 N–H and O–H groups in total. The van der Waals surface area contributed by atoms with Crippen molar-refractivity contribution >= 4 is 11.7 Å². The summed E-state index contributed by atoms with van der Waals surface area (Å²) >= 11 is 0. The fourth-order valence-electron chi connectivity index (χ4n) is 1.94. The number of nitrogens with one attached hydrogen (secondary N) is 1. The van der Waals surface area contributed by atoms with Gasteiger partial charge in [-0.3, -0.25) is 4.79 Å². The van der Waals surface area contributed by atoms with Crippen molar-refractivity contribution in [2.24, 2.45) is 0 Å². The van der Waals surface area contributed by atoms with Crippen LogP contribution in [-0.2, 0) is 11.3 Å². The van der Waals surface area contributed by atoms with Crippen LogP contribution in [0.5, 0.6) is 0 Å². The number of amides is 1. The molecule has 0 aliphatic heterocycles. The molecule has 0 aliphatic carbocycles. The molecular weight excluding hydrogens is 298 g/mol. The fraction of sp³-hybridized carbons (Fsp3) is 0.214. The van der Waals surface area contributed by atoms with E-state index in [1.54, 1.807) is 0 Å².